The summed E-state index contributed by atoms with van der Waals surface area (Å²) >= 11 is 0. The zero-order chi connectivity index (χ0) is 12.3. The van der Waals surface area contributed by atoms with Crippen molar-refractivity contribution in [2.24, 2.45) is 5.92 Å². The Labute approximate surface area is 119 Å². The van der Waals surface area contributed by atoms with Crippen LogP contribution < -0.4 is 21.9 Å². The molecule has 1 unspecified atom stereocenters. The predicted molar refractivity (Wildman–Crippen MR) is 65.9 cm³/mol. The van der Waals surface area contributed by atoms with Crippen LogP contribution in [-0.4, -0.2) is 33.2 Å². The fraction of sp³-hybridized carbons (Fsp3) is 0.500. The van der Waals surface area contributed by atoms with Crippen molar-refractivity contribution in [2.45, 2.75) is 12.3 Å². The fourth-order valence-electron chi connectivity index (χ4n) is 2.72. The van der Waals surface area contributed by atoms with E-state index < -0.39 is 0 Å². The number of halogens is 1. The van der Waals surface area contributed by atoms with Gasteiger partial charge in [-0.05, 0) is 5.56 Å². The van der Waals surface area contributed by atoms with Crippen LogP contribution in [0.2, 0.25) is 0 Å². The van der Waals surface area contributed by atoms with Gasteiger partial charge in [-0.3, -0.25) is 4.79 Å². The summed E-state index contributed by atoms with van der Waals surface area (Å²) < 4.78 is 4.94. The number of methoxy groups -OCH3 is 1. The van der Waals surface area contributed by atoms with Gasteiger partial charge >= 0.3 is 5.97 Å². The van der Waals surface area contributed by atoms with E-state index in [-0.39, 0.29) is 28.9 Å². The molecular weight excluding hydrogens is 294 g/mol. The average Bonchev–Trinajstić information content (AvgIpc) is 2.38. The van der Waals surface area contributed by atoms with Gasteiger partial charge in [0.25, 0.3) is 0 Å². The topological polar surface area (TPSA) is 30.7 Å². The maximum atomic E-state index is 11.9. The van der Waals surface area contributed by atoms with E-state index in [4.69, 9.17) is 4.74 Å². The van der Waals surface area contributed by atoms with Crippen molar-refractivity contribution in [3.63, 3.8) is 0 Å². The van der Waals surface area contributed by atoms with E-state index in [0.717, 1.165) is 19.5 Å². The van der Waals surface area contributed by atoms with Gasteiger partial charge in [0.15, 0.2) is 0 Å². The zero-order valence-electron chi connectivity index (χ0n) is 10.9. The second-order valence-electron chi connectivity index (χ2n) is 4.85. The number of benzene rings is 1. The van der Waals surface area contributed by atoms with E-state index in [1.807, 2.05) is 18.2 Å². The summed E-state index contributed by atoms with van der Waals surface area (Å²) in [6, 6.07) is 10.3. The molecule has 0 amide bonds. The van der Waals surface area contributed by atoms with Crippen molar-refractivity contribution in [1.29, 1.82) is 0 Å². The molecule has 100 valence electrons. The molecular formula is C14H20BrNO2. The van der Waals surface area contributed by atoms with Gasteiger partial charge in [0.1, 0.15) is 5.92 Å². The minimum atomic E-state index is -0.0714. The van der Waals surface area contributed by atoms with Crippen molar-refractivity contribution in [1.82, 2.24) is 0 Å². The van der Waals surface area contributed by atoms with E-state index in [2.05, 4.69) is 19.2 Å². The third-order valence-corrected chi connectivity index (χ3v) is 3.67. The van der Waals surface area contributed by atoms with Crippen molar-refractivity contribution in [2.75, 3.05) is 27.2 Å². The van der Waals surface area contributed by atoms with Crippen LogP contribution in [0.4, 0.5) is 0 Å². The number of carbonyl (C=O) groups excluding carboxylic acids is 1. The first kappa shape index (κ1) is 15.2. The van der Waals surface area contributed by atoms with Crippen LogP contribution in [-0.2, 0) is 9.53 Å². The first-order valence-electron chi connectivity index (χ1n) is 6.16. The van der Waals surface area contributed by atoms with Gasteiger partial charge in [-0.25, -0.2) is 0 Å². The summed E-state index contributed by atoms with van der Waals surface area (Å²) in [5.74, 6) is 0.237. The number of likely N-dealkylation sites (tertiary alicyclic amines) is 1. The number of esters is 1. The van der Waals surface area contributed by atoms with Crippen molar-refractivity contribution in [3.8, 4) is 0 Å². The van der Waals surface area contributed by atoms with E-state index >= 15 is 0 Å². The Morgan fingerprint density at radius 2 is 2.00 bits per heavy atom. The van der Waals surface area contributed by atoms with Gasteiger partial charge in [-0.1, -0.05) is 30.3 Å². The van der Waals surface area contributed by atoms with Crippen molar-refractivity contribution < 1.29 is 31.4 Å². The van der Waals surface area contributed by atoms with Crippen molar-refractivity contribution >= 4 is 5.97 Å². The molecule has 0 aliphatic carbocycles. The molecule has 1 aliphatic heterocycles. The number of rotatable bonds is 2. The van der Waals surface area contributed by atoms with Gasteiger partial charge in [0.2, 0.25) is 0 Å². The first-order chi connectivity index (χ1) is 8.22. The maximum absolute atomic E-state index is 11.9. The lowest BCUT2D eigenvalue weighted by Crippen LogP contribution is -3.11. The predicted octanol–water partition coefficient (Wildman–Crippen LogP) is -2.52. The van der Waals surface area contributed by atoms with Gasteiger partial charge in [0, 0.05) is 12.3 Å². The standard InChI is InChI=1S/C14H19NO2.BrH/c1-15-9-8-12(11-6-4-3-5-7-11)13(10-15)14(16)17-2;/h3-7,12-13H,8-10H2,1-2H3;1H/t12-,13-;/m1./s1. The van der Waals surface area contributed by atoms with Crippen LogP contribution >= 0.6 is 0 Å². The fourth-order valence-corrected chi connectivity index (χ4v) is 2.72. The zero-order valence-corrected chi connectivity index (χ0v) is 12.4. The number of piperidine rings is 1. The molecule has 1 N–H and O–H groups in total. The normalized spacial score (nSPS) is 27.1. The van der Waals surface area contributed by atoms with E-state index in [9.17, 15) is 4.79 Å². The summed E-state index contributed by atoms with van der Waals surface area (Å²) in [4.78, 5) is 13.3. The van der Waals surface area contributed by atoms with Crippen LogP contribution in [0.5, 0.6) is 0 Å². The first-order valence-corrected chi connectivity index (χ1v) is 6.16. The Balaban J connectivity index is 0.00000162. The Bertz CT molecular complexity index is 383. The SMILES string of the molecule is COC(=O)[C@@H]1C[NH+](C)CC[C@@H]1c1ccccc1.[Br-]. The highest BCUT2D eigenvalue weighted by molar-refractivity contribution is 5.73. The Morgan fingerprint density at radius 1 is 1.33 bits per heavy atom. The lowest BCUT2D eigenvalue weighted by Gasteiger charge is -2.32. The number of carbonyl (C=O) groups is 1. The minimum Gasteiger partial charge on any atom is -1.00 e. The lowest BCUT2D eigenvalue weighted by molar-refractivity contribution is -0.888. The highest BCUT2D eigenvalue weighted by atomic mass is 79.9. The monoisotopic (exact) mass is 313 g/mol. The second kappa shape index (κ2) is 6.90. The summed E-state index contributed by atoms with van der Waals surface area (Å²) in [5, 5.41) is 0. The maximum Gasteiger partial charge on any atom is 0.315 e. The number of hydrogen-bond donors (Lipinski definition) is 1. The molecule has 4 heteroatoms. The number of ether oxygens (including phenoxy) is 1. The number of nitrogens with one attached hydrogen (secondary N) is 1. The summed E-state index contributed by atoms with van der Waals surface area (Å²) in [7, 11) is 3.62. The quantitative estimate of drug-likeness (QED) is 0.611. The molecule has 0 saturated carbocycles. The third-order valence-electron chi connectivity index (χ3n) is 3.67. The summed E-state index contributed by atoms with van der Waals surface area (Å²) in [6.07, 6.45) is 1.05. The highest BCUT2D eigenvalue weighted by Gasteiger charge is 2.37. The minimum absolute atomic E-state index is 0. The van der Waals surface area contributed by atoms with Crippen LogP contribution in [0.3, 0.4) is 0 Å². The smallest absolute Gasteiger partial charge is 0.315 e. The van der Waals surface area contributed by atoms with Gasteiger partial charge in [-0.2, -0.15) is 0 Å². The molecule has 1 fully saturated rings. The summed E-state index contributed by atoms with van der Waals surface area (Å²) in [5.41, 5.74) is 1.26. The molecule has 0 radical (unpaired) electrons. The molecule has 3 atom stereocenters. The molecule has 2 rings (SSSR count). The molecule has 1 aliphatic rings. The largest absolute Gasteiger partial charge is 1.00 e. The van der Waals surface area contributed by atoms with Crippen LogP contribution in [0, 0.1) is 5.92 Å². The molecule has 3 nitrogen and oxygen atoms in total. The lowest BCUT2D eigenvalue weighted by atomic mass is 9.80. The molecule has 0 aromatic heterocycles. The van der Waals surface area contributed by atoms with E-state index in [1.165, 1.54) is 17.6 Å². The Hall–Kier alpha value is -0.870. The molecule has 0 spiro atoms. The van der Waals surface area contributed by atoms with Gasteiger partial charge < -0.3 is 26.6 Å². The van der Waals surface area contributed by atoms with Crippen LogP contribution in [0.1, 0.15) is 17.9 Å². The van der Waals surface area contributed by atoms with Crippen LogP contribution in [0.15, 0.2) is 30.3 Å². The third kappa shape index (κ3) is 3.33. The molecule has 0 bridgehead atoms. The average molecular weight is 314 g/mol. The highest BCUT2D eigenvalue weighted by Crippen LogP contribution is 2.29. The second-order valence-corrected chi connectivity index (χ2v) is 4.85. The van der Waals surface area contributed by atoms with Gasteiger partial charge in [0.05, 0.1) is 27.2 Å². The molecule has 1 heterocycles. The van der Waals surface area contributed by atoms with E-state index in [0.29, 0.717) is 5.92 Å². The molecule has 1 saturated heterocycles. The molecule has 18 heavy (non-hydrogen) atoms. The number of quaternary nitrogens is 1. The Kier molecular flexibility index (Phi) is 5.82. The number of hydrogen-bond acceptors (Lipinski definition) is 2. The van der Waals surface area contributed by atoms with Crippen LogP contribution in [0.25, 0.3) is 0 Å². The molecule has 1 aromatic rings. The van der Waals surface area contributed by atoms with Gasteiger partial charge in [-0.15, -0.1) is 0 Å². The van der Waals surface area contributed by atoms with Crippen molar-refractivity contribution in [3.05, 3.63) is 35.9 Å². The van der Waals surface area contributed by atoms with E-state index in [1.54, 1.807) is 0 Å². The molecule has 1 aromatic carbocycles. The summed E-state index contributed by atoms with van der Waals surface area (Å²) in [6.45, 7) is 1.99. The Morgan fingerprint density at radius 3 is 2.61 bits per heavy atom.